The average Bonchev–Trinajstić information content (AvgIpc) is 2.75. The molecule has 0 bridgehead atoms. The maximum Gasteiger partial charge on any atom is 0.396 e. The standard InChI is InChI=1S/C11H9F3N4O/c12-11(13,14)4-9-17-5-8(18-9)7-3-6(10(15)19)1-2-16-7/h1-3,5H,4H2,(H2,15,19)(H,17,18). The Balaban J connectivity index is 2.28. The van der Waals surface area contributed by atoms with Crippen molar-refractivity contribution in [2.24, 2.45) is 5.73 Å². The van der Waals surface area contributed by atoms with E-state index in [4.69, 9.17) is 5.73 Å². The van der Waals surface area contributed by atoms with E-state index in [9.17, 15) is 18.0 Å². The molecule has 0 aliphatic heterocycles. The van der Waals surface area contributed by atoms with E-state index >= 15 is 0 Å². The number of hydrogen-bond acceptors (Lipinski definition) is 3. The highest BCUT2D eigenvalue weighted by molar-refractivity contribution is 5.93. The van der Waals surface area contributed by atoms with Gasteiger partial charge in [0.25, 0.3) is 0 Å². The molecule has 19 heavy (non-hydrogen) atoms. The highest BCUT2D eigenvalue weighted by atomic mass is 19.4. The maximum atomic E-state index is 12.2. The minimum absolute atomic E-state index is 0.213. The molecule has 0 aromatic carbocycles. The first-order valence-electron chi connectivity index (χ1n) is 5.22. The summed E-state index contributed by atoms with van der Waals surface area (Å²) >= 11 is 0. The molecule has 0 aliphatic carbocycles. The smallest absolute Gasteiger partial charge is 0.366 e. The first kappa shape index (κ1) is 13.1. The van der Waals surface area contributed by atoms with Crippen molar-refractivity contribution >= 4 is 5.91 Å². The van der Waals surface area contributed by atoms with Crippen molar-refractivity contribution in [1.82, 2.24) is 15.0 Å². The number of primary amides is 1. The number of amides is 1. The number of H-pyrrole nitrogens is 1. The summed E-state index contributed by atoms with van der Waals surface area (Å²) in [5.74, 6) is -0.858. The number of carbonyl (C=O) groups excluding carboxylic acids is 1. The van der Waals surface area contributed by atoms with Crippen LogP contribution in [0.2, 0.25) is 0 Å². The number of rotatable bonds is 3. The third-order valence-corrected chi connectivity index (χ3v) is 2.31. The average molecular weight is 270 g/mol. The van der Waals surface area contributed by atoms with Gasteiger partial charge in [-0.1, -0.05) is 0 Å². The van der Waals surface area contributed by atoms with Crippen LogP contribution in [-0.2, 0) is 6.42 Å². The molecule has 2 heterocycles. The van der Waals surface area contributed by atoms with E-state index in [2.05, 4.69) is 15.0 Å². The highest BCUT2D eigenvalue weighted by Crippen LogP contribution is 2.22. The number of nitrogens with two attached hydrogens (primary N) is 1. The first-order valence-corrected chi connectivity index (χ1v) is 5.22. The summed E-state index contributed by atoms with van der Waals surface area (Å²) in [7, 11) is 0. The summed E-state index contributed by atoms with van der Waals surface area (Å²) in [6.07, 6.45) is -2.85. The Morgan fingerprint density at radius 3 is 2.74 bits per heavy atom. The van der Waals surface area contributed by atoms with Gasteiger partial charge >= 0.3 is 6.18 Å². The van der Waals surface area contributed by atoms with Gasteiger partial charge in [-0.2, -0.15) is 13.2 Å². The van der Waals surface area contributed by atoms with Crippen LogP contribution in [0.5, 0.6) is 0 Å². The van der Waals surface area contributed by atoms with E-state index < -0.39 is 18.5 Å². The largest absolute Gasteiger partial charge is 0.396 e. The van der Waals surface area contributed by atoms with Gasteiger partial charge in [0, 0.05) is 18.0 Å². The molecule has 0 saturated carbocycles. The third-order valence-electron chi connectivity index (χ3n) is 2.31. The molecule has 8 heteroatoms. The summed E-state index contributed by atoms with van der Waals surface area (Å²) in [6.45, 7) is 0. The minimum atomic E-state index is -4.34. The summed E-state index contributed by atoms with van der Waals surface area (Å²) in [5, 5.41) is 0. The van der Waals surface area contributed by atoms with Crippen molar-refractivity contribution in [2.45, 2.75) is 12.6 Å². The molecule has 5 nitrogen and oxygen atoms in total. The van der Waals surface area contributed by atoms with Crippen LogP contribution < -0.4 is 5.73 Å². The summed E-state index contributed by atoms with van der Waals surface area (Å²) in [5.41, 5.74) is 5.82. The second-order valence-electron chi connectivity index (χ2n) is 3.82. The number of hydrogen-bond donors (Lipinski definition) is 2. The lowest BCUT2D eigenvalue weighted by molar-refractivity contribution is -0.128. The molecular formula is C11H9F3N4O. The van der Waals surface area contributed by atoms with Crippen molar-refractivity contribution in [3.8, 4) is 11.4 Å². The van der Waals surface area contributed by atoms with Gasteiger partial charge in [-0.3, -0.25) is 9.78 Å². The van der Waals surface area contributed by atoms with E-state index in [1.165, 1.54) is 24.5 Å². The van der Waals surface area contributed by atoms with Gasteiger partial charge in [0.1, 0.15) is 17.9 Å². The van der Waals surface area contributed by atoms with E-state index in [1.54, 1.807) is 0 Å². The third kappa shape index (κ3) is 3.30. The van der Waals surface area contributed by atoms with Gasteiger partial charge in [-0.25, -0.2) is 4.98 Å². The van der Waals surface area contributed by atoms with Crippen molar-refractivity contribution in [2.75, 3.05) is 0 Å². The van der Waals surface area contributed by atoms with Gasteiger partial charge in [-0.05, 0) is 12.1 Å². The molecule has 2 rings (SSSR count). The topological polar surface area (TPSA) is 84.7 Å². The van der Waals surface area contributed by atoms with Gasteiger partial charge in [0.2, 0.25) is 5.91 Å². The van der Waals surface area contributed by atoms with Crippen LogP contribution in [0.1, 0.15) is 16.2 Å². The SMILES string of the molecule is NC(=O)c1ccnc(-c2c[nH]c(CC(F)(F)F)n2)c1. The zero-order valence-corrected chi connectivity index (χ0v) is 9.53. The van der Waals surface area contributed by atoms with E-state index in [-0.39, 0.29) is 22.8 Å². The van der Waals surface area contributed by atoms with Gasteiger partial charge in [0.15, 0.2) is 0 Å². The number of halogens is 3. The molecule has 3 N–H and O–H groups in total. The van der Waals surface area contributed by atoms with Crippen molar-refractivity contribution < 1.29 is 18.0 Å². The molecule has 0 spiro atoms. The fraction of sp³-hybridized carbons (Fsp3) is 0.182. The van der Waals surface area contributed by atoms with E-state index in [0.717, 1.165) is 0 Å². The van der Waals surface area contributed by atoms with Crippen molar-refractivity contribution in [1.29, 1.82) is 0 Å². The fourth-order valence-electron chi connectivity index (χ4n) is 1.50. The van der Waals surface area contributed by atoms with Gasteiger partial charge in [0.05, 0.1) is 5.69 Å². The second-order valence-corrected chi connectivity index (χ2v) is 3.82. The Kier molecular flexibility index (Phi) is 3.24. The summed E-state index contributed by atoms with van der Waals surface area (Å²) < 4.78 is 36.6. The molecule has 0 aliphatic rings. The van der Waals surface area contributed by atoms with Gasteiger partial charge < -0.3 is 10.7 Å². The molecule has 1 amide bonds. The number of alkyl halides is 3. The monoisotopic (exact) mass is 270 g/mol. The Hall–Kier alpha value is -2.38. The molecule has 0 saturated heterocycles. The fourth-order valence-corrected chi connectivity index (χ4v) is 1.50. The lowest BCUT2D eigenvalue weighted by Gasteiger charge is -2.02. The highest BCUT2D eigenvalue weighted by Gasteiger charge is 2.29. The van der Waals surface area contributed by atoms with E-state index in [1.807, 2.05) is 0 Å². The second kappa shape index (κ2) is 4.71. The Morgan fingerprint density at radius 1 is 1.37 bits per heavy atom. The quantitative estimate of drug-likeness (QED) is 0.889. The Bertz CT molecular complexity index is 606. The molecule has 0 unspecified atom stereocenters. The molecule has 100 valence electrons. The number of imidazole rings is 1. The predicted molar refractivity (Wildman–Crippen MR) is 60.1 cm³/mol. The van der Waals surface area contributed by atoms with Crippen LogP contribution in [0.3, 0.4) is 0 Å². The number of aromatic nitrogens is 3. The predicted octanol–water partition coefficient (Wildman–Crippen LogP) is 1.68. The molecule has 0 fully saturated rings. The molecular weight excluding hydrogens is 261 g/mol. The summed E-state index contributed by atoms with van der Waals surface area (Å²) in [4.78, 5) is 21.1. The number of nitrogens with zero attached hydrogens (tertiary/aromatic N) is 2. The minimum Gasteiger partial charge on any atom is -0.366 e. The molecule has 2 aromatic heterocycles. The maximum absolute atomic E-state index is 12.2. The molecule has 2 aromatic rings. The Morgan fingerprint density at radius 2 is 2.11 bits per heavy atom. The zero-order chi connectivity index (χ0) is 14.0. The normalized spacial score (nSPS) is 11.5. The van der Waals surface area contributed by atoms with Crippen molar-refractivity contribution in [3.05, 3.63) is 35.9 Å². The Labute approximate surface area is 105 Å². The molecule has 0 atom stereocenters. The number of pyridine rings is 1. The van der Waals surface area contributed by atoms with Crippen LogP contribution in [0.25, 0.3) is 11.4 Å². The number of carbonyl (C=O) groups is 1. The molecule has 0 radical (unpaired) electrons. The van der Waals surface area contributed by atoms with Gasteiger partial charge in [-0.15, -0.1) is 0 Å². The number of nitrogens with one attached hydrogen (secondary N) is 1. The van der Waals surface area contributed by atoms with Crippen LogP contribution >= 0.6 is 0 Å². The van der Waals surface area contributed by atoms with E-state index in [0.29, 0.717) is 0 Å². The van der Waals surface area contributed by atoms with Crippen LogP contribution in [0, 0.1) is 0 Å². The van der Waals surface area contributed by atoms with Crippen LogP contribution in [0.15, 0.2) is 24.5 Å². The first-order chi connectivity index (χ1) is 8.85. The van der Waals surface area contributed by atoms with Crippen molar-refractivity contribution in [3.63, 3.8) is 0 Å². The summed E-state index contributed by atoms with van der Waals surface area (Å²) in [6, 6.07) is 2.78. The lowest BCUT2D eigenvalue weighted by Crippen LogP contribution is -2.12. The number of aromatic amines is 1. The van der Waals surface area contributed by atoms with Crippen LogP contribution in [0.4, 0.5) is 13.2 Å². The lowest BCUT2D eigenvalue weighted by atomic mass is 10.2. The zero-order valence-electron chi connectivity index (χ0n) is 9.53. The van der Waals surface area contributed by atoms with Crippen LogP contribution in [-0.4, -0.2) is 27.0 Å².